The van der Waals surface area contributed by atoms with Gasteiger partial charge >= 0.3 is 0 Å². The van der Waals surface area contributed by atoms with Gasteiger partial charge in [-0.3, -0.25) is 0 Å². The van der Waals surface area contributed by atoms with E-state index in [1.54, 1.807) is 0 Å². The van der Waals surface area contributed by atoms with E-state index in [1.165, 1.54) is 11.3 Å². The summed E-state index contributed by atoms with van der Waals surface area (Å²) >= 11 is 10.8. The number of rotatable bonds is 2. The summed E-state index contributed by atoms with van der Waals surface area (Å²) < 4.78 is 6.44. The molecule has 1 N–H and O–H groups in total. The molecule has 5 heteroatoms. The standard InChI is InChI=1S/C13H10BrClO2S/c14-13-9(15)5-11(18-13)12(16)8-6-17-10-4-2-1-3-7(8)10/h1-5,8,12,16H,6H2. The molecule has 18 heavy (non-hydrogen) atoms. The van der Waals surface area contributed by atoms with Crippen LogP contribution in [0.2, 0.25) is 5.02 Å². The van der Waals surface area contributed by atoms with Gasteiger partial charge in [-0.05, 0) is 28.1 Å². The van der Waals surface area contributed by atoms with E-state index in [0.717, 1.165) is 20.0 Å². The Kier molecular flexibility index (Phi) is 3.36. The Morgan fingerprint density at radius 2 is 2.22 bits per heavy atom. The van der Waals surface area contributed by atoms with Crippen molar-refractivity contribution in [2.45, 2.75) is 12.0 Å². The molecule has 0 radical (unpaired) electrons. The Hall–Kier alpha value is -0.550. The Morgan fingerprint density at radius 3 is 2.94 bits per heavy atom. The fraction of sp³-hybridized carbons (Fsp3) is 0.231. The predicted molar refractivity (Wildman–Crippen MR) is 76.7 cm³/mol. The first-order chi connectivity index (χ1) is 8.66. The summed E-state index contributed by atoms with van der Waals surface area (Å²) in [6, 6.07) is 9.64. The van der Waals surface area contributed by atoms with Crippen LogP contribution in [0.25, 0.3) is 0 Å². The van der Waals surface area contributed by atoms with Crippen molar-refractivity contribution in [1.82, 2.24) is 0 Å². The van der Waals surface area contributed by atoms with Gasteiger partial charge in [-0.2, -0.15) is 0 Å². The maximum Gasteiger partial charge on any atom is 0.123 e. The molecular formula is C13H10BrClO2S. The topological polar surface area (TPSA) is 29.5 Å². The van der Waals surface area contributed by atoms with Gasteiger partial charge in [-0.25, -0.2) is 0 Å². The highest BCUT2D eigenvalue weighted by atomic mass is 79.9. The molecule has 2 nitrogen and oxygen atoms in total. The number of aliphatic hydroxyl groups is 1. The van der Waals surface area contributed by atoms with Crippen LogP contribution in [0, 0.1) is 0 Å². The molecule has 1 aromatic carbocycles. The van der Waals surface area contributed by atoms with E-state index >= 15 is 0 Å². The first kappa shape index (κ1) is 12.5. The van der Waals surface area contributed by atoms with E-state index < -0.39 is 6.10 Å². The van der Waals surface area contributed by atoms with E-state index in [0.29, 0.717) is 11.6 Å². The van der Waals surface area contributed by atoms with Crippen molar-refractivity contribution in [3.05, 3.63) is 49.6 Å². The Balaban J connectivity index is 1.92. The minimum atomic E-state index is -0.581. The van der Waals surface area contributed by atoms with Gasteiger partial charge in [-0.1, -0.05) is 29.8 Å². The third kappa shape index (κ3) is 2.07. The van der Waals surface area contributed by atoms with Gasteiger partial charge in [-0.15, -0.1) is 11.3 Å². The summed E-state index contributed by atoms with van der Waals surface area (Å²) in [5.41, 5.74) is 1.06. The number of fused-ring (bicyclic) bond motifs is 1. The van der Waals surface area contributed by atoms with E-state index in [4.69, 9.17) is 16.3 Å². The lowest BCUT2D eigenvalue weighted by Crippen LogP contribution is -2.11. The minimum Gasteiger partial charge on any atom is -0.493 e. The molecule has 1 aromatic heterocycles. The molecule has 2 aromatic rings. The van der Waals surface area contributed by atoms with Gasteiger partial charge in [0.1, 0.15) is 5.75 Å². The fourth-order valence-corrected chi connectivity index (χ4v) is 3.95. The lowest BCUT2D eigenvalue weighted by molar-refractivity contribution is 0.133. The van der Waals surface area contributed by atoms with Gasteiger partial charge in [0.05, 0.1) is 27.4 Å². The van der Waals surface area contributed by atoms with Gasteiger partial charge in [0, 0.05) is 10.4 Å². The van der Waals surface area contributed by atoms with Crippen LogP contribution in [0.1, 0.15) is 22.5 Å². The first-order valence-corrected chi connectivity index (χ1v) is 7.50. The number of thiophene rings is 1. The van der Waals surface area contributed by atoms with Gasteiger partial charge in [0.2, 0.25) is 0 Å². The smallest absolute Gasteiger partial charge is 0.123 e. The van der Waals surface area contributed by atoms with Crippen molar-refractivity contribution in [2.24, 2.45) is 0 Å². The van der Waals surface area contributed by atoms with Crippen molar-refractivity contribution >= 4 is 38.9 Å². The van der Waals surface area contributed by atoms with E-state index in [-0.39, 0.29) is 5.92 Å². The van der Waals surface area contributed by atoms with E-state index in [2.05, 4.69) is 15.9 Å². The highest BCUT2D eigenvalue weighted by Crippen LogP contribution is 2.44. The summed E-state index contributed by atoms with van der Waals surface area (Å²) in [7, 11) is 0. The van der Waals surface area contributed by atoms with Crippen LogP contribution < -0.4 is 4.74 Å². The molecule has 1 aliphatic rings. The Morgan fingerprint density at radius 1 is 1.44 bits per heavy atom. The number of benzene rings is 1. The van der Waals surface area contributed by atoms with Crippen LogP contribution in [-0.4, -0.2) is 11.7 Å². The zero-order valence-corrected chi connectivity index (χ0v) is 12.4. The zero-order valence-electron chi connectivity index (χ0n) is 9.27. The van der Waals surface area contributed by atoms with Crippen molar-refractivity contribution < 1.29 is 9.84 Å². The quantitative estimate of drug-likeness (QED) is 0.875. The maximum absolute atomic E-state index is 10.5. The SMILES string of the molecule is OC(c1cc(Cl)c(Br)s1)C1COc2ccccc21. The Bertz CT molecular complexity index is 565. The number of para-hydroxylation sites is 1. The van der Waals surface area contributed by atoms with Crippen LogP contribution in [0.15, 0.2) is 34.1 Å². The average Bonchev–Trinajstić information content (AvgIpc) is 2.93. The molecule has 0 aliphatic carbocycles. The van der Waals surface area contributed by atoms with E-state index in [1.807, 2.05) is 30.3 Å². The lowest BCUT2D eigenvalue weighted by Gasteiger charge is -2.15. The summed E-state index contributed by atoms with van der Waals surface area (Å²) in [4.78, 5) is 0.858. The molecule has 0 spiro atoms. The largest absolute Gasteiger partial charge is 0.493 e. The number of aliphatic hydroxyl groups excluding tert-OH is 1. The Labute approximate surface area is 122 Å². The third-order valence-electron chi connectivity index (χ3n) is 3.07. The molecule has 2 unspecified atom stereocenters. The van der Waals surface area contributed by atoms with Crippen LogP contribution in [-0.2, 0) is 0 Å². The third-order valence-corrected chi connectivity index (χ3v) is 5.62. The first-order valence-electron chi connectivity index (χ1n) is 5.51. The molecule has 2 atom stereocenters. The summed E-state index contributed by atoms with van der Waals surface area (Å²) in [6.45, 7) is 0.508. The zero-order chi connectivity index (χ0) is 12.7. The summed E-state index contributed by atoms with van der Waals surface area (Å²) in [5.74, 6) is 0.839. The maximum atomic E-state index is 10.5. The number of hydrogen-bond acceptors (Lipinski definition) is 3. The molecule has 0 amide bonds. The second-order valence-corrected chi connectivity index (χ2v) is 6.98. The van der Waals surface area contributed by atoms with Crippen LogP contribution in [0.3, 0.4) is 0 Å². The van der Waals surface area contributed by atoms with Crippen molar-refractivity contribution in [1.29, 1.82) is 0 Å². The number of ether oxygens (including phenoxy) is 1. The minimum absolute atomic E-state index is 0.0252. The summed E-state index contributed by atoms with van der Waals surface area (Å²) in [5, 5.41) is 11.1. The van der Waals surface area contributed by atoms with Crippen molar-refractivity contribution in [3.8, 4) is 5.75 Å². The molecule has 0 saturated heterocycles. The van der Waals surface area contributed by atoms with Gasteiger partial charge < -0.3 is 9.84 Å². The highest BCUT2D eigenvalue weighted by Gasteiger charge is 2.32. The number of halogens is 2. The van der Waals surface area contributed by atoms with Gasteiger partial charge in [0.15, 0.2) is 0 Å². The molecule has 0 saturated carbocycles. The second-order valence-electron chi connectivity index (χ2n) is 4.17. The molecular weight excluding hydrogens is 336 g/mol. The molecule has 0 bridgehead atoms. The molecule has 1 aliphatic heterocycles. The van der Waals surface area contributed by atoms with Crippen molar-refractivity contribution in [3.63, 3.8) is 0 Å². The van der Waals surface area contributed by atoms with Crippen LogP contribution >= 0.6 is 38.9 Å². The van der Waals surface area contributed by atoms with Crippen molar-refractivity contribution in [2.75, 3.05) is 6.61 Å². The summed E-state index contributed by atoms with van der Waals surface area (Å²) in [6.07, 6.45) is -0.581. The molecule has 0 fully saturated rings. The van der Waals surface area contributed by atoms with E-state index in [9.17, 15) is 5.11 Å². The molecule has 94 valence electrons. The number of hydrogen-bond donors (Lipinski definition) is 1. The molecule has 3 rings (SSSR count). The van der Waals surface area contributed by atoms with Gasteiger partial charge in [0.25, 0.3) is 0 Å². The predicted octanol–water partition coefficient (Wildman–Crippen LogP) is 4.37. The highest BCUT2D eigenvalue weighted by molar-refractivity contribution is 9.11. The lowest BCUT2D eigenvalue weighted by atomic mass is 9.94. The normalized spacial score (nSPS) is 19.4. The monoisotopic (exact) mass is 344 g/mol. The van der Waals surface area contributed by atoms with Crippen LogP contribution in [0.5, 0.6) is 5.75 Å². The van der Waals surface area contributed by atoms with Crippen LogP contribution in [0.4, 0.5) is 0 Å². The second kappa shape index (κ2) is 4.85. The average molecular weight is 346 g/mol. The fourth-order valence-electron chi connectivity index (χ4n) is 2.16. The molecule has 2 heterocycles.